The minimum absolute atomic E-state index is 0.183. The second kappa shape index (κ2) is 15.1. The number of nitrogens with one attached hydrogen (secondary N) is 3. The minimum atomic E-state index is -0.636. The monoisotopic (exact) mass is 732 g/mol. The standard InChI is InChI=1S/C30H27Br2FN4O5S/c1-3-40-29(39)26-17(2)35-30(43)36-27(26)21-9-4-5-10-24(21)41-16-25(38)37-34-14-19-12-22(31)28(23(32)13-19)42-15-18-7-6-8-20(33)11-18/h4-14,27H,3,15-16H2,1-2H3,(H,37,38)(H2,35,36,43)/t27-/m0/s1. The van der Waals surface area contributed by atoms with Gasteiger partial charge in [0.05, 0.1) is 33.4 Å². The van der Waals surface area contributed by atoms with E-state index in [-0.39, 0.29) is 25.6 Å². The number of allylic oxidation sites excluding steroid dienone is 1. The number of esters is 1. The lowest BCUT2D eigenvalue weighted by Crippen LogP contribution is -2.45. The molecule has 0 spiro atoms. The highest BCUT2D eigenvalue weighted by Crippen LogP contribution is 2.35. The molecular formula is C30H27Br2FN4O5S. The quantitative estimate of drug-likeness (QED) is 0.0981. The summed E-state index contributed by atoms with van der Waals surface area (Å²) in [5.41, 5.74) is 5.35. The van der Waals surface area contributed by atoms with E-state index in [0.717, 1.165) is 0 Å². The normalized spacial score (nSPS) is 14.6. The summed E-state index contributed by atoms with van der Waals surface area (Å²) in [5.74, 6) is -0.386. The maximum Gasteiger partial charge on any atom is 0.338 e. The Balaban J connectivity index is 1.38. The van der Waals surface area contributed by atoms with Gasteiger partial charge in [-0.2, -0.15) is 5.10 Å². The number of benzene rings is 3. The second-order valence-electron chi connectivity index (χ2n) is 9.14. The summed E-state index contributed by atoms with van der Waals surface area (Å²) in [6.07, 6.45) is 1.47. The van der Waals surface area contributed by atoms with Crippen molar-refractivity contribution in [2.24, 2.45) is 5.10 Å². The van der Waals surface area contributed by atoms with E-state index in [1.165, 1.54) is 18.3 Å². The van der Waals surface area contributed by atoms with Gasteiger partial charge in [-0.3, -0.25) is 4.79 Å². The van der Waals surface area contributed by atoms with Crippen LogP contribution in [0.3, 0.4) is 0 Å². The minimum Gasteiger partial charge on any atom is -0.487 e. The van der Waals surface area contributed by atoms with Gasteiger partial charge in [-0.15, -0.1) is 0 Å². The van der Waals surface area contributed by atoms with Gasteiger partial charge in [-0.05, 0) is 99.4 Å². The number of carbonyl (C=O) groups excluding carboxylic acids is 2. The number of thiocarbonyl (C=S) groups is 1. The van der Waals surface area contributed by atoms with E-state index in [2.05, 4.69) is 53.0 Å². The Bertz CT molecular complexity index is 1580. The average molecular weight is 734 g/mol. The van der Waals surface area contributed by atoms with Crippen LogP contribution >= 0.6 is 44.1 Å². The molecule has 3 aromatic carbocycles. The van der Waals surface area contributed by atoms with Crippen LogP contribution in [0.25, 0.3) is 0 Å². The van der Waals surface area contributed by atoms with E-state index in [1.807, 2.05) is 0 Å². The summed E-state index contributed by atoms with van der Waals surface area (Å²) in [4.78, 5) is 25.3. The number of halogens is 3. The number of hydrazone groups is 1. The molecule has 224 valence electrons. The van der Waals surface area contributed by atoms with Crippen molar-refractivity contribution in [1.82, 2.24) is 16.1 Å². The van der Waals surface area contributed by atoms with Crippen molar-refractivity contribution >= 4 is 67.3 Å². The molecule has 43 heavy (non-hydrogen) atoms. The van der Waals surface area contributed by atoms with Gasteiger partial charge < -0.3 is 24.8 Å². The van der Waals surface area contributed by atoms with Crippen LogP contribution in [0.4, 0.5) is 4.39 Å². The molecule has 4 rings (SSSR count). The number of rotatable bonds is 11. The summed E-state index contributed by atoms with van der Waals surface area (Å²) in [7, 11) is 0. The summed E-state index contributed by atoms with van der Waals surface area (Å²) < 4.78 is 31.6. The molecular weight excluding hydrogens is 707 g/mol. The molecule has 0 aromatic heterocycles. The Labute approximate surface area is 270 Å². The lowest BCUT2D eigenvalue weighted by Gasteiger charge is -2.30. The maximum atomic E-state index is 13.4. The van der Waals surface area contributed by atoms with Crippen LogP contribution in [0.5, 0.6) is 11.5 Å². The highest BCUT2D eigenvalue weighted by molar-refractivity contribution is 9.11. The van der Waals surface area contributed by atoms with Crippen LogP contribution in [0.15, 0.2) is 86.0 Å². The van der Waals surface area contributed by atoms with E-state index >= 15 is 0 Å². The smallest absolute Gasteiger partial charge is 0.338 e. The molecule has 1 aliphatic heterocycles. The number of hydrogen-bond acceptors (Lipinski definition) is 7. The van der Waals surface area contributed by atoms with Crippen LogP contribution in [0.1, 0.15) is 36.6 Å². The lowest BCUT2D eigenvalue weighted by atomic mass is 9.95. The zero-order valence-electron chi connectivity index (χ0n) is 23.1. The second-order valence-corrected chi connectivity index (χ2v) is 11.3. The van der Waals surface area contributed by atoms with Crippen LogP contribution in [-0.2, 0) is 20.9 Å². The van der Waals surface area contributed by atoms with Gasteiger partial charge in [-0.1, -0.05) is 30.3 Å². The van der Waals surface area contributed by atoms with Gasteiger partial charge in [0.1, 0.15) is 23.9 Å². The van der Waals surface area contributed by atoms with Crippen molar-refractivity contribution in [3.8, 4) is 11.5 Å². The van der Waals surface area contributed by atoms with Crippen LogP contribution in [-0.4, -0.2) is 36.4 Å². The van der Waals surface area contributed by atoms with E-state index in [1.54, 1.807) is 62.4 Å². The SMILES string of the molecule is CCOC(=O)C1=C(C)NC(=S)N[C@H]1c1ccccc1OCC(=O)NN=Cc1cc(Br)c(OCc2cccc(F)c2)c(Br)c1. The summed E-state index contributed by atoms with van der Waals surface area (Å²) in [5, 5.41) is 10.4. The summed E-state index contributed by atoms with van der Waals surface area (Å²) >= 11 is 12.3. The van der Waals surface area contributed by atoms with Gasteiger partial charge in [-0.25, -0.2) is 14.6 Å². The number of nitrogens with zero attached hydrogens (tertiary/aromatic N) is 1. The predicted octanol–water partition coefficient (Wildman–Crippen LogP) is 5.81. The molecule has 3 aromatic rings. The molecule has 0 saturated heterocycles. The molecule has 1 aliphatic rings. The van der Waals surface area contributed by atoms with Crippen molar-refractivity contribution in [3.05, 3.63) is 103 Å². The molecule has 1 amide bonds. The Kier molecular flexibility index (Phi) is 11.3. The van der Waals surface area contributed by atoms with E-state index in [9.17, 15) is 14.0 Å². The third kappa shape index (κ3) is 8.62. The van der Waals surface area contributed by atoms with E-state index in [4.69, 9.17) is 26.4 Å². The van der Waals surface area contributed by atoms with E-state index in [0.29, 0.717) is 53.5 Å². The Hall–Kier alpha value is -3.81. The van der Waals surface area contributed by atoms with Crippen molar-refractivity contribution in [2.75, 3.05) is 13.2 Å². The first-order valence-electron chi connectivity index (χ1n) is 13.0. The molecule has 0 bridgehead atoms. The van der Waals surface area contributed by atoms with E-state index < -0.39 is 17.9 Å². The molecule has 0 unspecified atom stereocenters. The van der Waals surface area contributed by atoms with Gasteiger partial charge in [0.2, 0.25) is 0 Å². The number of carbonyl (C=O) groups is 2. The number of hydrogen-bond donors (Lipinski definition) is 3. The molecule has 0 fully saturated rings. The number of para-hydroxylation sites is 1. The molecule has 0 radical (unpaired) electrons. The third-order valence-electron chi connectivity index (χ3n) is 6.05. The lowest BCUT2D eigenvalue weighted by molar-refractivity contribution is -0.139. The van der Waals surface area contributed by atoms with Gasteiger partial charge in [0, 0.05) is 11.3 Å². The topological polar surface area (TPSA) is 110 Å². The highest BCUT2D eigenvalue weighted by atomic mass is 79.9. The number of amides is 1. The first kappa shape index (κ1) is 32.1. The van der Waals surface area contributed by atoms with Crippen molar-refractivity contribution in [2.45, 2.75) is 26.5 Å². The fourth-order valence-corrected chi connectivity index (χ4v) is 5.91. The first-order valence-corrected chi connectivity index (χ1v) is 15.0. The molecule has 1 atom stereocenters. The van der Waals surface area contributed by atoms with Crippen LogP contribution in [0.2, 0.25) is 0 Å². The fraction of sp³-hybridized carbons (Fsp3) is 0.200. The molecule has 1 heterocycles. The van der Waals surface area contributed by atoms with Gasteiger partial charge >= 0.3 is 5.97 Å². The Morgan fingerprint density at radius 1 is 1.09 bits per heavy atom. The highest BCUT2D eigenvalue weighted by Gasteiger charge is 2.32. The predicted molar refractivity (Wildman–Crippen MR) is 171 cm³/mol. The molecule has 0 saturated carbocycles. The Morgan fingerprint density at radius 2 is 1.84 bits per heavy atom. The average Bonchev–Trinajstić information content (AvgIpc) is 2.95. The maximum absolute atomic E-state index is 13.4. The molecule has 9 nitrogen and oxygen atoms in total. The van der Waals surface area contributed by atoms with Gasteiger partial charge in [0.15, 0.2) is 11.7 Å². The zero-order valence-corrected chi connectivity index (χ0v) is 27.1. The zero-order chi connectivity index (χ0) is 30.9. The Morgan fingerprint density at radius 3 is 2.56 bits per heavy atom. The van der Waals surface area contributed by atoms with Gasteiger partial charge in [0.25, 0.3) is 5.91 Å². The van der Waals surface area contributed by atoms with Crippen molar-refractivity contribution in [1.29, 1.82) is 0 Å². The third-order valence-corrected chi connectivity index (χ3v) is 7.45. The first-order chi connectivity index (χ1) is 20.7. The fourth-order valence-electron chi connectivity index (χ4n) is 4.19. The van der Waals surface area contributed by atoms with Crippen LogP contribution in [0, 0.1) is 5.82 Å². The van der Waals surface area contributed by atoms with Crippen LogP contribution < -0.4 is 25.5 Å². The van der Waals surface area contributed by atoms with Crippen molar-refractivity contribution < 1.29 is 28.2 Å². The molecule has 13 heteroatoms. The summed E-state index contributed by atoms with van der Waals surface area (Å²) in [6.45, 7) is 3.54. The largest absolute Gasteiger partial charge is 0.487 e. The molecule has 3 N–H and O–H groups in total. The summed E-state index contributed by atoms with van der Waals surface area (Å²) in [6, 6.07) is 16.1. The van der Waals surface area contributed by atoms with Crippen molar-refractivity contribution in [3.63, 3.8) is 0 Å². The number of ether oxygens (including phenoxy) is 3. The molecule has 0 aliphatic carbocycles.